The van der Waals surface area contributed by atoms with Crippen LogP contribution in [0.15, 0.2) is 28.8 Å². The van der Waals surface area contributed by atoms with Crippen LogP contribution < -0.4 is 0 Å². The molecule has 0 atom stereocenters. The van der Waals surface area contributed by atoms with Gasteiger partial charge in [-0.05, 0) is 37.3 Å². The third-order valence-electron chi connectivity index (χ3n) is 2.73. The summed E-state index contributed by atoms with van der Waals surface area (Å²) >= 11 is 11.3. The highest BCUT2D eigenvalue weighted by atomic mass is 35.5. The summed E-state index contributed by atoms with van der Waals surface area (Å²) < 4.78 is 7.81. The number of imidazole rings is 1. The Labute approximate surface area is 113 Å². The van der Waals surface area contributed by atoms with Crippen LogP contribution >= 0.6 is 23.8 Å². The van der Waals surface area contributed by atoms with Crippen molar-refractivity contribution in [1.82, 2.24) is 14.7 Å². The van der Waals surface area contributed by atoms with Crippen LogP contribution in [0, 0.1) is 11.7 Å². The smallest absolute Gasteiger partial charge is 0.178 e. The predicted octanol–water partition coefficient (Wildman–Crippen LogP) is 3.70. The van der Waals surface area contributed by atoms with Crippen molar-refractivity contribution in [2.45, 2.75) is 13.5 Å². The number of aromatic amines is 1. The Balaban J connectivity index is 2.11. The molecule has 0 spiro atoms. The minimum atomic E-state index is 0.557. The summed E-state index contributed by atoms with van der Waals surface area (Å²) in [5.74, 6) is 0.777. The summed E-state index contributed by atoms with van der Waals surface area (Å²) in [6, 6.07) is 7.53. The molecular formula is C12H10ClN3OS. The van der Waals surface area contributed by atoms with E-state index in [1.165, 1.54) is 0 Å². The highest BCUT2D eigenvalue weighted by Crippen LogP contribution is 2.20. The van der Waals surface area contributed by atoms with Crippen molar-refractivity contribution in [2.24, 2.45) is 0 Å². The fraction of sp³-hybridized carbons (Fsp3) is 0.167. The lowest BCUT2D eigenvalue weighted by molar-refractivity contribution is 0.373. The molecule has 0 saturated carbocycles. The van der Waals surface area contributed by atoms with Crippen LogP contribution in [0.3, 0.4) is 0 Å². The Morgan fingerprint density at radius 3 is 3.00 bits per heavy atom. The normalized spacial score (nSPS) is 11.2. The number of fused-ring (bicyclic) bond motifs is 1. The molecule has 4 nitrogen and oxygen atoms in total. The molecule has 0 aliphatic carbocycles. The van der Waals surface area contributed by atoms with E-state index >= 15 is 0 Å². The Hall–Kier alpha value is -1.59. The van der Waals surface area contributed by atoms with Crippen molar-refractivity contribution in [3.63, 3.8) is 0 Å². The van der Waals surface area contributed by atoms with Gasteiger partial charge < -0.3 is 14.1 Å². The molecule has 0 saturated heterocycles. The average molecular weight is 280 g/mol. The second-order valence-corrected chi connectivity index (χ2v) is 4.94. The molecule has 0 bridgehead atoms. The second kappa shape index (κ2) is 4.26. The standard InChI is InChI=1S/C12H10ClN3OS/c1-7-4-9(17-15-7)6-16-11-3-2-8(13)5-10(11)14-12(16)18/h2-5H,6H2,1H3,(H,14,18). The van der Waals surface area contributed by atoms with Crippen molar-refractivity contribution >= 4 is 34.9 Å². The fourth-order valence-electron chi connectivity index (χ4n) is 1.94. The number of halogens is 1. The predicted molar refractivity (Wildman–Crippen MR) is 72.5 cm³/mol. The van der Waals surface area contributed by atoms with Crippen molar-refractivity contribution < 1.29 is 4.52 Å². The molecule has 0 amide bonds. The molecule has 0 fully saturated rings. The zero-order chi connectivity index (χ0) is 12.7. The van der Waals surface area contributed by atoms with Crippen LogP contribution in [-0.4, -0.2) is 14.7 Å². The minimum Gasteiger partial charge on any atom is -0.359 e. The molecule has 3 aromatic rings. The monoisotopic (exact) mass is 279 g/mol. The first-order chi connectivity index (χ1) is 8.63. The van der Waals surface area contributed by atoms with Gasteiger partial charge in [0.2, 0.25) is 0 Å². The van der Waals surface area contributed by atoms with Gasteiger partial charge >= 0.3 is 0 Å². The molecule has 0 radical (unpaired) electrons. The van der Waals surface area contributed by atoms with E-state index in [1.807, 2.05) is 35.8 Å². The first kappa shape index (κ1) is 11.5. The number of nitrogens with zero attached hydrogens (tertiary/aromatic N) is 2. The van der Waals surface area contributed by atoms with E-state index in [-0.39, 0.29) is 0 Å². The second-order valence-electron chi connectivity index (χ2n) is 4.11. The maximum atomic E-state index is 5.95. The van der Waals surface area contributed by atoms with Crippen LogP contribution in [0.25, 0.3) is 11.0 Å². The first-order valence-electron chi connectivity index (χ1n) is 5.44. The Kier molecular flexibility index (Phi) is 2.72. The molecule has 92 valence electrons. The van der Waals surface area contributed by atoms with Crippen LogP contribution in [0.5, 0.6) is 0 Å². The SMILES string of the molecule is Cc1cc(Cn2c(=S)[nH]c3cc(Cl)ccc32)on1. The van der Waals surface area contributed by atoms with Crippen LogP contribution in [0.4, 0.5) is 0 Å². The molecule has 2 heterocycles. The molecule has 1 N–H and O–H groups in total. The fourth-order valence-corrected chi connectivity index (χ4v) is 2.38. The maximum absolute atomic E-state index is 5.95. The third kappa shape index (κ3) is 1.95. The number of H-pyrrole nitrogens is 1. The lowest BCUT2D eigenvalue weighted by atomic mass is 10.3. The van der Waals surface area contributed by atoms with Gasteiger partial charge in [0.1, 0.15) is 0 Å². The van der Waals surface area contributed by atoms with Gasteiger partial charge in [-0.1, -0.05) is 16.8 Å². The van der Waals surface area contributed by atoms with Crippen molar-refractivity contribution in [1.29, 1.82) is 0 Å². The third-order valence-corrected chi connectivity index (χ3v) is 3.28. The lowest BCUT2D eigenvalue weighted by Crippen LogP contribution is -1.98. The number of rotatable bonds is 2. The van der Waals surface area contributed by atoms with Crippen molar-refractivity contribution in [3.8, 4) is 0 Å². The summed E-state index contributed by atoms with van der Waals surface area (Å²) in [7, 11) is 0. The van der Waals surface area contributed by atoms with Gasteiger partial charge in [0.25, 0.3) is 0 Å². The molecule has 6 heteroatoms. The summed E-state index contributed by atoms with van der Waals surface area (Å²) in [5, 5.41) is 4.55. The zero-order valence-corrected chi connectivity index (χ0v) is 11.2. The maximum Gasteiger partial charge on any atom is 0.178 e. The van der Waals surface area contributed by atoms with Gasteiger partial charge in [-0.25, -0.2) is 0 Å². The van der Waals surface area contributed by atoms with E-state index in [0.29, 0.717) is 16.3 Å². The summed E-state index contributed by atoms with van der Waals surface area (Å²) in [5.41, 5.74) is 2.78. The minimum absolute atomic E-state index is 0.557. The van der Waals surface area contributed by atoms with Crippen molar-refractivity contribution in [3.05, 3.63) is 45.5 Å². The molecule has 18 heavy (non-hydrogen) atoms. The summed E-state index contributed by atoms with van der Waals surface area (Å²) in [6.07, 6.45) is 0. The highest BCUT2D eigenvalue weighted by molar-refractivity contribution is 7.71. The first-order valence-corrected chi connectivity index (χ1v) is 6.22. The van der Waals surface area contributed by atoms with Crippen LogP contribution in [-0.2, 0) is 6.54 Å². The molecule has 0 aliphatic rings. The Morgan fingerprint density at radius 1 is 1.44 bits per heavy atom. The van der Waals surface area contributed by atoms with E-state index in [4.69, 9.17) is 28.3 Å². The van der Waals surface area contributed by atoms with E-state index in [9.17, 15) is 0 Å². The van der Waals surface area contributed by atoms with Crippen LogP contribution in [0.2, 0.25) is 5.02 Å². The van der Waals surface area contributed by atoms with Gasteiger partial charge in [-0.15, -0.1) is 0 Å². The number of hydrogen-bond donors (Lipinski definition) is 1. The summed E-state index contributed by atoms with van der Waals surface area (Å²) in [4.78, 5) is 3.13. The van der Waals surface area contributed by atoms with E-state index < -0.39 is 0 Å². The number of hydrogen-bond acceptors (Lipinski definition) is 3. The highest BCUT2D eigenvalue weighted by Gasteiger charge is 2.08. The van der Waals surface area contributed by atoms with Gasteiger partial charge in [0.15, 0.2) is 10.5 Å². The zero-order valence-electron chi connectivity index (χ0n) is 9.61. The molecular weight excluding hydrogens is 270 g/mol. The number of aromatic nitrogens is 3. The number of nitrogens with one attached hydrogen (secondary N) is 1. The largest absolute Gasteiger partial charge is 0.359 e. The quantitative estimate of drug-likeness (QED) is 0.728. The number of aryl methyl sites for hydroxylation is 1. The molecule has 3 rings (SSSR count). The van der Waals surface area contributed by atoms with E-state index in [2.05, 4.69) is 10.1 Å². The molecule has 0 unspecified atom stereocenters. The number of benzene rings is 1. The molecule has 0 aliphatic heterocycles. The lowest BCUT2D eigenvalue weighted by Gasteiger charge is -2.00. The summed E-state index contributed by atoms with van der Waals surface area (Å²) in [6.45, 7) is 2.45. The molecule has 2 aromatic heterocycles. The van der Waals surface area contributed by atoms with Gasteiger partial charge in [0.05, 0.1) is 23.3 Å². The van der Waals surface area contributed by atoms with Crippen LogP contribution in [0.1, 0.15) is 11.5 Å². The molecule has 1 aromatic carbocycles. The van der Waals surface area contributed by atoms with E-state index in [1.54, 1.807) is 0 Å². The van der Waals surface area contributed by atoms with Gasteiger partial charge in [0, 0.05) is 11.1 Å². The average Bonchev–Trinajstić information content (AvgIpc) is 2.84. The van der Waals surface area contributed by atoms with E-state index in [0.717, 1.165) is 22.5 Å². The topological polar surface area (TPSA) is 46.8 Å². The van der Waals surface area contributed by atoms with Gasteiger partial charge in [-0.2, -0.15) is 0 Å². The van der Waals surface area contributed by atoms with Gasteiger partial charge in [-0.3, -0.25) is 0 Å². The Morgan fingerprint density at radius 2 is 2.28 bits per heavy atom. The van der Waals surface area contributed by atoms with Crippen molar-refractivity contribution in [2.75, 3.05) is 0 Å². The Bertz CT molecular complexity index is 771.